The van der Waals surface area contributed by atoms with Crippen LogP contribution in [0.5, 0.6) is 0 Å². The topological polar surface area (TPSA) is 86.7 Å². The van der Waals surface area contributed by atoms with E-state index in [-0.39, 0.29) is 59.4 Å². The van der Waals surface area contributed by atoms with Crippen LogP contribution in [0.15, 0.2) is 0 Å². The molecule has 6 atom stereocenters. The van der Waals surface area contributed by atoms with Crippen LogP contribution < -0.4 is 0 Å². The largest absolute Gasteiger partial charge is 0.393 e. The number of fused-ring (bicyclic) bond motifs is 2. The van der Waals surface area contributed by atoms with Crippen LogP contribution in [0.2, 0.25) is 0 Å². The predicted molar refractivity (Wildman–Crippen MR) is 66.2 cm³/mol. The van der Waals surface area contributed by atoms with E-state index in [2.05, 4.69) is 9.47 Å². The van der Waals surface area contributed by atoms with E-state index in [1.807, 2.05) is 0 Å². The second-order valence-electron chi connectivity index (χ2n) is 6.67. The second-order valence-corrected chi connectivity index (χ2v) is 6.67. The Labute approximate surface area is 121 Å². The van der Waals surface area contributed by atoms with Gasteiger partial charge in [0, 0.05) is 0 Å². The lowest BCUT2D eigenvalue weighted by Crippen LogP contribution is -2.40. The zero-order valence-electron chi connectivity index (χ0n) is 11.4. The van der Waals surface area contributed by atoms with Crippen molar-refractivity contribution in [1.29, 1.82) is 0 Å². The van der Waals surface area contributed by atoms with Crippen molar-refractivity contribution >= 4 is 23.9 Å². The Morgan fingerprint density at radius 2 is 1.14 bits per heavy atom. The summed E-state index contributed by atoms with van der Waals surface area (Å²) in [6.07, 6.45) is 4.14. The summed E-state index contributed by atoms with van der Waals surface area (Å²) in [5.41, 5.74) is 0. The van der Waals surface area contributed by atoms with E-state index in [0.29, 0.717) is 0 Å². The van der Waals surface area contributed by atoms with Crippen LogP contribution in [0.1, 0.15) is 32.1 Å². The molecule has 6 unspecified atom stereocenters. The molecule has 0 aromatic rings. The minimum Gasteiger partial charge on any atom is -0.393 e. The van der Waals surface area contributed by atoms with Crippen LogP contribution in [0.3, 0.4) is 0 Å². The van der Waals surface area contributed by atoms with E-state index in [4.69, 9.17) is 0 Å². The molecule has 6 nitrogen and oxygen atoms in total. The van der Waals surface area contributed by atoms with Crippen LogP contribution in [-0.2, 0) is 28.7 Å². The standard InChI is InChI=1S/C15H16O6/c16-12-8-4-6(10(8)14(18)20-12)2-1-3-7-5-9-11(7)15(19)21-13(9)17/h6-11H,1-5H2. The molecule has 4 aliphatic rings. The van der Waals surface area contributed by atoms with Crippen LogP contribution in [0, 0.1) is 35.5 Å². The Hall–Kier alpha value is -1.72. The highest BCUT2D eigenvalue weighted by atomic mass is 16.6. The Balaban J connectivity index is 1.25. The molecule has 4 fully saturated rings. The monoisotopic (exact) mass is 292 g/mol. The molecule has 0 spiro atoms. The Bertz CT molecular complexity index is 504. The van der Waals surface area contributed by atoms with Crippen LogP contribution in [0.4, 0.5) is 0 Å². The highest BCUT2D eigenvalue weighted by molar-refractivity contribution is 5.98. The van der Waals surface area contributed by atoms with E-state index >= 15 is 0 Å². The molecule has 0 bridgehead atoms. The zero-order chi connectivity index (χ0) is 14.7. The molecule has 2 saturated heterocycles. The first kappa shape index (κ1) is 13.0. The van der Waals surface area contributed by atoms with E-state index in [1.165, 1.54) is 0 Å². The maximum atomic E-state index is 11.5. The van der Waals surface area contributed by atoms with Crippen LogP contribution in [0.25, 0.3) is 0 Å². The minimum absolute atomic E-state index is 0.210. The van der Waals surface area contributed by atoms with Gasteiger partial charge in [0.15, 0.2) is 0 Å². The Morgan fingerprint density at radius 1 is 0.714 bits per heavy atom. The first-order valence-electron chi connectivity index (χ1n) is 7.57. The van der Waals surface area contributed by atoms with Gasteiger partial charge < -0.3 is 9.47 Å². The van der Waals surface area contributed by atoms with Gasteiger partial charge in [-0.25, -0.2) is 0 Å². The van der Waals surface area contributed by atoms with Crippen molar-refractivity contribution in [2.75, 3.05) is 0 Å². The summed E-state index contributed by atoms with van der Waals surface area (Å²) in [4.78, 5) is 45.6. The molecular weight excluding hydrogens is 276 g/mol. The van der Waals surface area contributed by atoms with Crippen molar-refractivity contribution in [3.05, 3.63) is 0 Å². The molecule has 21 heavy (non-hydrogen) atoms. The summed E-state index contributed by atoms with van der Waals surface area (Å²) in [6.45, 7) is 0. The molecule has 0 radical (unpaired) electrons. The normalized spacial score (nSPS) is 43.6. The number of carbonyl (C=O) groups is 4. The van der Waals surface area contributed by atoms with Gasteiger partial charge in [-0.1, -0.05) is 6.42 Å². The molecule has 2 aliphatic carbocycles. The fourth-order valence-electron chi connectivity index (χ4n) is 4.43. The van der Waals surface area contributed by atoms with Crippen LogP contribution in [-0.4, -0.2) is 23.9 Å². The van der Waals surface area contributed by atoms with E-state index in [0.717, 1.165) is 32.1 Å². The maximum absolute atomic E-state index is 11.5. The molecule has 0 aromatic carbocycles. The van der Waals surface area contributed by atoms with Gasteiger partial charge in [-0.15, -0.1) is 0 Å². The maximum Gasteiger partial charge on any atom is 0.317 e. The highest BCUT2D eigenvalue weighted by Gasteiger charge is 2.58. The summed E-state index contributed by atoms with van der Waals surface area (Å²) in [6, 6.07) is 0. The van der Waals surface area contributed by atoms with E-state index < -0.39 is 0 Å². The second kappa shape index (κ2) is 4.39. The van der Waals surface area contributed by atoms with E-state index in [1.54, 1.807) is 0 Å². The summed E-state index contributed by atoms with van der Waals surface area (Å²) in [5, 5.41) is 0. The van der Waals surface area contributed by atoms with Crippen molar-refractivity contribution in [2.45, 2.75) is 32.1 Å². The number of hydrogen-bond donors (Lipinski definition) is 0. The number of esters is 4. The van der Waals surface area contributed by atoms with Gasteiger partial charge in [0.05, 0.1) is 23.7 Å². The summed E-state index contributed by atoms with van der Waals surface area (Å²) in [7, 11) is 0. The van der Waals surface area contributed by atoms with Gasteiger partial charge in [0.25, 0.3) is 0 Å². The lowest BCUT2D eigenvalue weighted by atomic mass is 9.62. The molecule has 112 valence electrons. The lowest BCUT2D eigenvalue weighted by molar-refractivity contribution is -0.155. The molecule has 0 N–H and O–H groups in total. The smallest absolute Gasteiger partial charge is 0.317 e. The number of carbonyl (C=O) groups excluding carboxylic acids is 4. The van der Waals surface area contributed by atoms with Crippen molar-refractivity contribution in [1.82, 2.24) is 0 Å². The first-order valence-corrected chi connectivity index (χ1v) is 7.57. The number of ether oxygens (including phenoxy) is 2. The van der Waals surface area contributed by atoms with Gasteiger partial charge in [-0.05, 0) is 37.5 Å². The third kappa shape index (κ3) is 1.77. The molecular formula is C15H16O6. The Morgan fingerprint density at radius 3 is 1.52 bits per heavy atom. The third-order valence-corrected chi connectivity index (χ3v) is 5.70. The minimum atomic E-state index is -0.366. The van der Waals surface area contributed by atoms with Crippen molar-refractivity contribution in [3.8, 4) is 0 Å². The Kier molecular flexibility index (Phi) is 2.71. The molecule has 2 aliphatic heterocycles. The third-order valence-electron chi connectivity index (χ3n) is 5.70. The quantitative estimate of drug-likeness (QED) is 0.563. The SMILES string of the molecule is O=C1OC(=O)C2C(CCCC3CC4C(=O)OC(=O)C34)CC12. The van der Waals surface area contributed by atoms with Gasteiger partial charge in [0.1, 0.15) is 0 Å². The summed E-state index contributed by atoms with van der Waals surface area (Å²) in [5.74, 6) is -1.87. The number of rotatable bonds is 4. The van der Waals surface area contributed by atoms with Gasteiger partial charge in [0.2, 0.25) is 0 Å². The fourth-order valence-corrected chi connectivity index (χ4v) is 4.43. The summed E-state index contributed by atoms with van der Waals surface area (Å²) >= 11 is 0. The van der Waals surface area contributed by atoms with Crippen molar-refractivity contribution in [2.24, 2.45) is 35.5 Å². The zero-order valence-corrected chi connectivity index (χ0v) is 11.4. The molecule has 2 heterocycles. The molecule has 0 aromatic heterocycles. The average molecular weight is 292 g/mol. The average Bonchev–Trinajstić information content (AvgIpc) is 2.67. The number of hydrogen-bond acceptors (Lipinski definition) is 6. The highest BCUT2D eigenvalue weighted by Crippen LogP contribution is 2.51. The predicted octanol–water partition coefficient (Wildman–Crippen LogP) is 0.828. The first-order chi connectivity index (χ1) is 10.1. The molecule has 6 heteroatoms. The molecule has 0 amide bonds. The fraction of sp³-hybridized carbons (Fsp3) is 0.733. The van der Waals surface area contributed by atoms with Crippen molar-refractivity contribution < 1.29 is 28.7 Å². The van der Waals surface area contributed by atoms with Gasteiger partial charge in [-0.2, -0.15) is 0 Å². The van der Waals surface area contributed by atoms with Gasteiger partial charge >= 0.3 is 23.9 Å². The lowest BCUT2D eigenvalue weighted by Gasteiger charge is -2.37. The van der Waals surface area contributed by atoms with E-state index in [9.17, 15) is 19.2 Å². The summed E-state index contributed by atoms with van der Waals surface area (Å²) < 4.78 is 9.29. The number of cyclic esters (lactones) is 4. The van der Waals surface area contributed by atoms with Gasteiger partial charge in [-0.3, -0.25) is 19.2 Å². The van der Waals surface area contributed by atoms with Crippen molar-refractivity contribution in [3.63, 3.8) is 0 Å². The van der Waals surface area contributed by atoms with Crippen LogP contribution >= 0.6 is 0 Å². The molecule has 2 saturated carbocycles. The molecule has 4 rings (SSSR count).